The SMILES string of the molecule is Cc1cc(-c2[c-]cccc2)ncc1[Si](C)(C)C.[2H]C(C)(C)c1ccnc(-c2[c-]cc(C)c3c2sc2ccccc23)c1.[Ir]. The van der Waals surface area contributed by atoms with Crippen LogP contribution in [0.5, 0.6) is 0 Å². The van der Waals surface area contributed by atoms with Crippen LogP contribution in [0, 0.1) is 26.0 Å². The van der Waals surface area contributed by atoms with Crippen LogP contribution >= 0.6 is 11.3 Å². The fraction of sp³-hybridized carbons (Fsp3) is 0.222. The van der Waals surface area contributed by atoms with Crippen molar-refractivity contribution in [2.24, 2.45) is 0 Å². The second kappa shape index (κ2) is 12.9. The number of thiophene rings is 1. The first-order valence-electron chi connectivity index (χ1n) is 14.2. The number of hydrogen-bond acceptors (Lipinski definition) is 3. The van der Waals surface area contributed by atoms with E-state index in [2.05, 4.69) is 104 Å². The van der Waals surface area contributed by atoms with Gasteiger partial charge in [0.2, 0.25) is 0 Å². The van der Waals surface area contributed by atoms with Crippen LogP contribution in [-0.4, -0.2) is 18.0 Å². The summed E-state index contributed by atoms with van der Waals surface area (Å²) in [5.41, 5.74) is 7.57. The zero-order valence-electron chi connectivity index (χ0n) is 25.7. The van der Waals surface area contributed by atoms with Gasteiger partial charge in [0.05, 0.1) is 8.07 Å². The number of aryl methyl sites for hydroxylation is 2. The Morgan fingerprint density at radius 2 is 1.63 bits per heavy atom. The summed E-state index contributed by atoms with van der Waals surface area (Å²) in [5, 5.41) is 4.03. The minimum atomic E-state index is -1.27. The molecule has 3 aromatic heterocycles. The molecule has 0 spiro atoms. The van der Waals surface area contributed by atoms with Crippen molar-refractivity contribution >= 4 is 44.8 Å². The number of aromatic nitrogens is 2. The molecule has 0 bridgehead atoms. The molecule has 0 unspecified atom stereocenters. The number of pyridine rings is 2. The Labute approximate surface area is 264 Å². The molecule has 0 N–H and O–H groups in total. The van der Waals surface area contributed by atoms with E-state index in [-0.39, 0.29) is 20.1 Å². The molecule has 0 saturated carbocycles. The van der Waals surface area contributed by atoms with E-state index in [1.165, 1.54) is 36.5 Å². The molecule has 6 aromatic rings. The van der Waals surface area contributed by atoms with Gasteiger partial charge in [-0.15, -0.1) is 59.2 Å². The van der Waals surface area contributed by atoms with E-state index in [4.69, 9.17) is 1.37 Å². The quantitative estimate of drug-likeness (QED) is 0.133. The largest absolute Gasteiger partial charge is 0.305 e. The second-order valence-electron chi connectivity index (χ2n) is 11.5. The first-order chi connectivity index (χ1) is 19.4. The number of rotatable bonds is 4. The smallest absolute Gasteiger partial charge is 0.0798 e. The number of nitrogens with zero attached hydrogens (tertiary/aromatic N) is 2. The van der Waals surface area contributed by atoms with Crippen LogP contribution in [0.1, 0.15) is 37.8 Å². The van der Waals surface area contributed by atoms with Gasteiger partial charge in [-0.25, -0.2) is 0 Å². The Bertz CT molecular complexity index is 1840. The van der Waals surface area contributed by atoms with Crippen LogP contribution in [0.15, 0.2) is 85.2 Å². The van der Waals surface area contributed by atoms with Crippen molar-refractivity contribution in [3.05, 3.63) is 114 Å². The molecular formula is C36H36IrN2SSi-2. The Morgan fingerprint density at radius 3 is 2.32 bits per heavy atom. The molecule has 5 heteroatoms. The maximum absolute atomic E-state index is 8.28. The van der Waals surface area contributed by atoms with Crippen LogP contribution in [0.4, 0.5) is 0 Å². The van der Waals surface area contributed by atoms with E-state index in [1.54, 1.807) is 17.5 Å². The van der Waals surface area contributed by atoms with Gasteiger partial charge in [0, 0.05) is 38.6 Å². The molecule has 41 heavy (non-hydrogen) atoms. The fourth-order valence-corrected chi connectivity index (χ4v) is 8.03. The molecule has 3 heterocycles. The molecule has 0 aliphatic carbocycles. The molecule has 211 valence electrons. The Balaban J connectivity index is 0.000000200. The predicted octanol–water partition coefficient (Wildman–Crippen LogP) is 9.75. The molecule has 0 aliphatic heterocycles. The normalized spacial score (nSPS) is 11.9. The zero-order chi connectivity index (χ0) is 29.4. The van der Waals surface area contributed by atoms with Crippen molar-refractivity contribution in [2.45, 2.75) is 53.2 Å². The zero-order valence-corrected chi connectivity index (χ0v) is 28.9. The Hall–Kier alpha value is -2.95. The summed E-state index contributed by atoms with van der Waals surface area (Å²) in [4.78, 5) is 9.14. The molecule has 0 aliphatic rings. The second-order valence-corrected chi connectivity index (χ2v) is 17.6. The molecule has 2 nitrogen and oxygen atoms in total. The molecule has 0 amide bonds. The van der Waals surface area contributed by atoms with Crippen LogP contribution < -0.4 is 5.19 Å². The maximum Gasteiger partial charge on any atom is 0.0798 e. The third kappa shape index (κ3) is 6.76. The van der Waals surface area contributed by atoms with Crippen LogP contribution in [0.3, 0.4) is 0 Å². The monoisotopic (exact) mass is 750 g/mol. The van der Waals surface area contributed by atoms with Crippen LogP contribution in [0.25, 0.3) is 42.7 Å². The van der Waals surface area contributed by atoms with Crippen molar-refractivity contribution in [3.8, 4) is 22.5 Å². The summed E-state index contributed by atoms with van der Waals surface area (Å²) in [5.74, 6) is -0.637. The summed E-state index contributed by atoms with van der Waals surface area (Å²) in [6.07, 6.45) is 3.85. The third-order valence-electron chi connectivity index (χ3n) is 7.15. The van der Waals surface area contributed by atoms with Crippen LogP contribution in [0.2, 0.25) is 19.6 Å². The van der Waals surface area contributed by atoms with Gasteiger partial charge in [0.15, 0.2) is 0 Å². The van der Waals surface area contributed by atoms with Crippen LogP contribution in [-0.2, 0) is 20.1 Å². The van der Waals surface area contributed by atoms with E-state index in [0.717, 1.165) is 28.1 Å². The summed E-state index contributed by atoms with van der Waals surface area (Å²) < 4.78 is 10.8. The van der Waals surface area contributed by atoms with Crippen molar-refractivity contribution in [1.29, 1.82) is 0 Å². The van der Waals surface area contributed by atoms with Gasteiger partial charge >= 0.3 is 0 Å². The first kappa shape index (κ1) is 29.5. The summed E-state index contributed by atoms with van der Waals surface area (Å²) in [7, 11) is -1.27. The Kier molecular flexibility index (Phi) is 9.30. The standard InChI is InChI=1S/C21H18NS.C15H18NSi.Ir/c1-13(2)15-10-11-22-18(12-15)16-9-8-14(3)20-17-6-4-5-7-19(17)23-21(16)20;1-12-10-14(13-8-6-5-7-9-13)16-11-15(12)17(2,3)4;/h4-8,10-13H,1-3H3;5-8,10-11H,1-4H3;/q2*-1;/i13D;;. The van der Waals surface area contributed by atoms with E-state index >= 15 is 0 Å². The molecule has 3 aromatic carbocycles. The van der Waals surface area contributed by atoms with E-state index in [1.807, 2.05) is 44.2 Å². The van der Waals surface area contributed by atoms with E-state index in [9.17, 15) is 0 Å². The summed E-state index contributed by atoms with van der Waals surface area (Å²) in [6.45, 7) is 15.2. The minimum Gasteiger partial charge on any atom is -0.305 e. The van der Waals surface area contributed by atoms with E-state index in [0.29, 0.717) is 0 Å². The molecular weight excluding hydrogens is 713 g/mol. The average Bonchev–Trinajstić information content (AvgIpc) is 3.33. The summed E-state index contributed by atoms with van der Waals surface area (Å²) >= 11 is 1.79. The maximum atomic E-state index is 8.28. The van der Waals surface area contributed by atoms with Gasteiger partial charge in [-0.2, -0.15) is 11.3 Å². The summed E-state index contributed by atoms with van der Waals surface area (Å²) in [6, 6.07) is 31.3. The van der Waals surface area contributed by atoms with E-state index < -0.39 is 14.0 Å². The van der Waals surface area contributed by atoms with Gasteiger partial charge in [-0.05, 0) is 51.6 Å². The van der Waals surface area contributed by atoms with Crippen molar-refractivity contribution in [3.63, 3.8) is 0 Å². The topological polar surface area (TPSA) is 25.8 Å². The first-order valence-corrected chi connectivity index (χ1v) is 18.0. The van der Waals surface area contributed by atoms with Gasteiger partial charge in [-0.3, -0.25) is 0 Å². The van der Waals surface area contributed by atoms with Crippen molar-refractivity contribution < 1.29 is 21.5 Å². The number of benzene rings is 3. The van der Waals surface area contributed by atoms with Gasteiger partial charge in [0.1, 0.15) is 0 Å². The van der Waals surface area contributed by atoms with Gasteiger partial charge < -0.3 is 9.97 Å². The van der Waals surface area contributed by atoms with Crippen molar-refractivity contribution in [2.75, 3.05) is 0 Å². The molecule has 0 saturated heterocycles. The molecule has 0 atom stereocenters. The third-order valence-corrected chi connectivity index (χ3v) is 10.5. The molecule has 0 fully saturated rings. The van der Waals surface area contributed by atoms with Crippen molar-refractivity contribution in [1.82, 2.24) is 9.97 Å². The Morgan fingerprint density at radius 1 is 0.878 bits per heavy atom. The molecule has 1 radical (unpaired) electrons. The fourth-order valence-electron chi connectivity index (χ4n) is 5.04. The van der Waals surface area contributed by atoms with Gasteiger partial charge in [-0.1, -0.05) is 87.3 Å². The minimum absolute atomic E-state index is 0. The molecule has 6 rings (SSSR count). The average molecular weight is 750 g/mol. The predicted molar refractivity (Wildman–Crippen MR) is 176 cm³/mol. The van der Waals surface area contributed by atoms with Gasteiger partial charge in [0.25, 0.3) is 0 Å². The number of hydrogen-bond donors (Lipinski definition) is 0. The number of fused-ring (bicyclic) bond motifs is 3.